The van der Waals surface area contributed by atoms with Crippen molar-refractivity contribution in [2.45, 2.75) is 159 Å². The van der Waals surface area contributed by atoms with E-state index >= 15 is 0 Å². The van der Waals surface area contributed by atoms with Crippen molar-refractivity contribution in [3.8, 4) is 0 Å². The molecule has 0 aliphatic carbocycles. The fraction of sp³-hybridized carbons (Fsp3) is 0.547. The van der Waals surface area contributed by atoms with E-state index < -0.39 is 237 Å². The minimum Gasteiger partial charge on any atom is -0.481 e. The van der Waals surface area contributed by atoms with Crippen LogP contribution in [0, 0.1) is 5.92 Å². The highest BCUT2D eigenvalue weighted by Gasteiger charge is 2.40. The van der Waals surface area contributed by atoms with Crippen molar-refractivity contribution in [3.63, 3.8) is 0 Å². The summed E-state index contributed by atoms with van der Waals surface area (Å²) in [5, 5.41) is 72.0. The molecule has 0 spiro atoms. The number of nitrogens with one attached hydrogen (secondary N) is 11. The van der Waals surface area contributed by atoms with Crippen LogP contribution in [0.2, 0.25) is 0 Å². The molecular weight excluding hydrogens is 1200 g/mol. The van der Waals surface area contributed by atoms with Gasteiger partial charge < -0.3 is 100 Å². The van der Waals surface area contributed by atoms with Crippen molar-refractivity contribution in [2.75, 3.05) is 25.4 Å². The number of esters is 1. The lowest BCUT2D eigenvalue weighted by Crippen LogP contribution is -2.61. The quantitative estimate of drug-likeness (QED) is 0.0292. The molecule has 0 radical (unpaired) electrons. The van der Waals surface area contributed by atoms with E-state index in [0.717, 1.165) is 27.7 Å². The van der Waals surface area contributed by atoms with Gasteiger partial charge in [0.2, 0.25) is 65.0 Å². The van der Waals surface area contributed by atoms with Crippen molar-refractivity contribution in [1.29, 1.82) is 0 Å². The van der Waals surface area contributed by atoms with E-state index in [-0.39, 0.29) is 32.7 Å². The highest BCUT2D eigenvalue weighted by molar-refractivity contribution is 6.05. The number of nitrogens with two attached hydrogens (primary N) is 2. The van der Waals surface area contributed by atoms with Crippen LogP contribution in [0.1, 0.15) is 111 Å². The summed E-state index contributed by atoms with van der Waals surface area (Å²) < 4.78 is 5.57. The molecule has 20 N–H and O–H groups in total. The second-order valence-corrected chi connectivity index (χ2v) is 20.7. The van der Waals surface area contributed by atoms with Gasteiger partial charge in [0.05, 0.1) is 51.4 Å². The number of unbranched alkanes of at least 4 members (excludes halogenated alkanes) is 1. The van der Waals surface area contributed by atoms with E-state index in [1.807, 2.05) is 21.3 Å². The first-order chi connectivity index (χ1) is 42.1. The number of benzene rings is 1. The van der Waals surface area contributed by atoms with Crippen molar-refractivity contribution < 1.29 is 125 Å². The van der Waals surface area contributed by atoms with E-state index in [9.17, 15) is 112 Å². The molecule has 1 saturated heterocycles. The zero-order valence-electron chi connectivity index (χ0n) is 49.4. The number of amides is 11. The molecule has 1 aliphatic rings. The fourth-order valence-electron chi connectivity index (χ4n) is 8.31. The predicted molar refractivity (Wildman–Crippen MR) is 315 cm³/mol. The van der Waals surface area contributed by atoms with Crippen LogP contribution >= 0.6 is 0 Å². The van der Waals surface area contributed by atoms with Crippen LogP contribution in [0.4, 0.5) is 5.69 Å². The number of aliphatic hydroxyl groups excluding tert-OH is 1. The number of carbonyl (C=O) groups is 18. The van der Waals surface area contributed by atoms with Crippen molar-refractivity contribution in [2.24, 2.45) is 11.7 Å². The number of carboxylic acids is 4. The van der Waals surface area contributed by atoms with Gasteiger partial charge in [-0.3, -0.25) is 81.5 Å². The minimum atomic E-state index is -2.29. The lowest BCUT2D eigenvalue weighted by molar-refractivity contribution is -0.156. The predicted octanol–water partition coefficient (Wildman–Crippen LogP) is -6.10. The van der Waals surface area contributed by atoms with Crippen LogP contribution in [-0.2, 0) is 86.2 Å². The second-order valence-electron chi connectivity index (χ2n) is 20.7. The molecule has 0 bridgehead atoms. The van der Waals surface area contributed by atoms with E-state index in [4.69, 9.17) is 16.2 Å². The van der Waals surface area contributed by atoms with Gasteiger partial charge in [-0.25, -0.2) is 4.79 Å². The number of hydrogen-bond donors (Lipinski definition) is 18. The van der Waals surface area contributed by atoms with E-state index in [1.54, 1.807) is 6.92 Å². The first-order valence-electron chi connectivity index (χ1n) is 27.7. The third-order valence-corrected chi connectivity index (χ3v) is 13.1. The smallest absolute Gasteiger partial charge is 0.329 e. The third-order valence-electron chi connectivity index (χ3n) is 13.1. The highest BCUT2D eigenvalue weighted by atomic mass is 16.5. The maximum atomic E-state index is 14.5. The molecule has 37 heteroatoms. The molecular formula is C53H87N13O24. The van der Waals surface area contributed by atoms with Crippen molar-refractivity contribution in [3.05, 3.63) is 29.8 Å². The molecule has 1 heterocycles. The average Bonchev–Trinajstić information content (AvgIpc) is 0.967. The molecule has 1 aliphatic heterocycles. The lowest BCUT2D eigenvalue weighted by atomic mass is 9.96. The van der Waals surface area contributed by atoms with Crippen LogP contribution in [0.15, 0.2) is 24.3 Å². The number of ketones is 2. The van der Waals surface area contributed by atoms with Gasteiger partial charge in [-0.05, 0) is 45.2 Å². The Morgan fingerprint density at radius 1 is 0.622 bits per heavy atom. The summed E-state index contributed by atoms with van der Waals surface area (Å²) in [7, 11) is 0. The largest absolute Gasteiger partial charge is 0.481 e. The van der Waals surface area contributed by atoms with E-state index in [2.05, 4.69) is 37.2 Å². The summed E-state index contributed by atoms with van der Waals surface area (Å²) >= 11 is 0. The summed E-state index contributed by atoms with van der Waals surface area (Å²) in [6.45, 7) is 2.22. The van der Waals surface area contributed by atoms with Gasteiger partial charge in [0.25, 0.3) is 0 Å². The van der Waals surface area contributed by atoms with Crippen LogP contribution < -0.4 is 70.0 Å². The summed E-state index contributed by atoms with van der Waals surface area (Å²) in [4.78, 5) is 238. The zero-order valence-corrected chi connectivity index (χ0v) is 49.4. The summed E-state index contributed by atoms with van der Waals surface area (Å²) in [5.41, 5.74) is 11.4. The van der Waals surface area contributed by atoms with Gasteiger partial charge in [-0.15, -0.1) is 0 Å². The number of anilines is 1. The number of hydrogen-bond acceptors (Lipinski definition) is 22. The molecule has 1 aromatic carbocycles. The molecule has 0 aromatic heterocycles. The molecule has 11 amide bonds. The van der Waals surface area contributed by atoms with Crippen molar-refractivity contribution in [1.82, 2.24) is 58.5 Å². The molecule has 0 saturated carbocycles. The minimum absolute atomic E-state index is 0. The first kappa shape index (κ1) is 75.9. The Morgan fingerprint density at radius 2 is 1.14 bits per heavy atom. The number of aliphatic carboxylic acids is 4. The lowest BCUT2D eigenvalue weighted by Gasteiger charge is -2.30. The monoisotopic (exact) mass is 1290 g/mol. The SMILES string of the molecule is CCCCC1NC(=O)CNC(=O)C(NC(=O)C(CC(=O)O)NC(=O)C(N)CC(C)=O)C(C)OC(=O)C(CC(=O)c2ccccc2N)NC(=O)C(C(C)CC(=O)O)NC(=O)C(CO)NC(=O)CNC(=O)C(CC(=O)O)NC(=O)C(C)NC(=O)C(CC(=O)O)NC1=O.[HH].[HH].[HH].[HH].[HH].[HH]. The average molecular weight is 1290 g/mol. The molecule has 1 aromatic rings. The molecule has 37 nitrogen and oxygen atoms in total. The van der Waals surface area contributed by atoms with E-state index in [0.29, 0.717) is 6.42 Å². The van der Waals surface area contributed by atoms with Crippen LogP contribution in [0.25, 0.3) is 0 Å². The molecule has 508 valence electrons. The number of Topliss-reactive ketones (excluding diaryl/α,β-unsaturated/α-hetero) is 2. The number of cyclic esters (lactones) is 1. The number of carboxylic acid groups (broad SMARTS) is 4. The van der Waals surface area contributed by atoms with E-state index in [1.165, 1.54) is 24.3 Å². The fourth-order valence-corrected chi connectivity index (χ4v) is 8.31. The maximum absolute atomic E-state index is 14.5. The molecule has 1 fully saturated rings. The van der Waals surface area contributed by atoms with Crippen molar-refractivity contribution >= 4 is 112 Å². The Hall–Kier alpha value is -10.2. The Balaban J connectivity index is -0.00000460. The Bertz CT molecular complexity index is 2940. The second kappa shape index (κ2) is 36.8. The maximum Gasteiger partial charge on any atom is 0.329 e. The summed E-state index contributed by atoms with van der Waals surface area (Å²) in [5.74, 6) is -26.2. The number of para-hydroxylation sites is 1. The Kier molecular flexibility index (Phi) is 31.1. The van der Waals surface area contributed by atoms with Crippen LogP contribution in [0.5, 0.6) is 0 Å². The zero-order chi connectivity index (χ0) is 68.3. The standard InChI is InChI=1S/C53H75N13O24.6H2/c1-6-7-12-29-47(83)63-31(17-40(76)77)48(84)58-24(4)44(80)61-30(16-39(74)75)46(82)56-19-37(71)60-34(21-67)50(86)65-42(22(2)13-38(72)73)52(88)64-33(15-35(69)26-10-8-9-11-27(26)54)53(89)90-25(5)43(51(87)57-20-36(70)59-29)66-49(85)32(18-41(78)79)62-45(81)28(55)14-23(3)68;;;;;;/h8-11,22,24-25,28-34,42-43,67H,6-7,12-21,54-55H2,1-5H3,(H,56,82)(H,57,87)(H,58,84)(H,59,70)(H,60,71)(H,61,80)(H,62,81)(H,63,83)(H,64,88)(H,65,86)(H,66,85)(H,72,73)(H,74,75)(H,76,77)(H,78,79);6*1H. The molecule has 12 atom stereocenters. The summed E-state index contributed by atoms with van der Waals surface area (Å²) in [6.07, 6.45) is -7.91. The van der Waals surface area contributed by atoms with Gasteiger partial charge in [0, 0.05) is 32.7 Å². The van der Waals surface area contributed by atoms with Gasteiger partial charge >= 0.3 is 29.8 Å². The Morgan fingerprint density at radius 3 is 1.69 bits per heavy atom. The number of rotatable bonds is 22. The number of ether oxygens (including phenoxy) is 1. The van der Waals surface area contributed by atoms with Gasteiger partial charge in [-0.1, -0.05) is 38.8 Å². The number of aliphatic hydroxyl groups is 1. The molecule has 2 rings (SSSR count). The summed E-state index contributed by atoms with van der Waals surface area (Å²) in [6, 6.07) is -14.6. The first-order valence-corrected chi connectivity index (χ1v) is 27.7. The molecule has 90 heavy (non-hydrogen) atoms. The van der Waals surface area contributed by atoms with Crippen LogP contribution in [-0.4, -0.2) is 218 Å². The van der Waals surface area contributed by atoms with Crippen LogP contribution in [0.3, 0.4) is 0 Å². The van der Waals surface area contributed by atoms with Gasteiger partial charge in [0.1, 0.15) is 66.3 Å². The number of carbonyl (C=O) groups excluding carboxylic acids is 14. The number of nitrogen functional groups attached to an aromatic ring is 1. The molecule has 12 unspecified atom stereocenters. The Labute approximate surface area is 520 Å². The van der Waals surface area contributed by atoms with Gasteiger partial charge in [0.15, 0.2) is 5.78 Å². The normalized spacial score (nSPS) is 23.5. The topological polar surface area (TPSA) is 602 Å². The van der Waals surface area contributed by atoms with Gasteiger partial charge in [-0.2, -0.15) is 0 Å². The third kappa shape index (κ3) is 26.0. The highest BCUT2D eigenvalue weighted by Crippen LogP contribution is 2.17.